The van der Waals surface area contributed by atoms with Gasteiger partial charge in [-0.25, -0.2) is 8.42 Å². The average molecular weight is 561 g/mol. The van der Waals surface area contributed by atoms with Crippen molar-refractivity contribution in [3.8, 4) is 17.2 Å². The number of nitrogens with one attached hydrogen (secondary N) is 1. The minimum atomic E-state index is -4.25. The smallest absolute Gasteiger partial charge is 0.265 e. The lowest BCUT2D eigenvalue weighted by Gasteiger charge is -2.26. The number of sulfonamides is 1. The van der Waals surface area contributed by atoms with Gasteiger partial charge in [0.05, 0.1) is 31.9 Å². The minimum Gasteiger partial charge on any atom is -0.495 e. The molecule has 0 aliphatic heterocycles. The van der Waals surface area contributed by atoms with E-state index in [0.717, 1.165) is 17.1 Å². The highest BCUT2D eigenvalue weighted by Crippen LogP contribution is 2.37. The Kier molecular flexibility index (Phi) is 10.3. The zero-order valence-electron chi connectivity index (χ0n) is 21.9. The summed E-state index contributed by atoms with van der Waals surface area (Å²) in [4.78, 5) is 13.1. The van der Waals surface area contributed by atoms with Crippen LogP contribution in [0.4, 0.5) is 5.69 Å². The fourth-order valence-corrected chi connectivity index (χ4v) is 5.62. The second kappa shape index (κ2) is 13.4. The van der Waals surface area contributed by atoms with Gasteiger partial charge >= 0.3 is 0 Å². The van der Waals surface area contributed by atoms with Crippen molar-refractivity contribution < 1.29 is 27.4 Å². The Labute approximate surface area is 229 Å². The summed E-state index contributed by atoms with van der Waals surface area (Å²) < 4.78 is 44.7. The molecule has 10 heteroatoms. The fraction of sp³-hybridized carbons (Fsp3) is 0.321. The summed E-state index contributed by atoms with van der Waals surface area (Å²) in [6.45, 7) is 1.99. The van der Waals surface area contributed by atoms with E-state index < -0.39 is 22.5 Å². The van der Waals surface area contributed by atoms with E-state index >= 15 is 0 Å². The van der Waals surface area contributed by atoms with Crippen LogP contribution < -0.4 is 23.8 Å². The highest BCUT2D eigenvalue weighted by molar-refractivity contribution is 7.92. The van der Waals surface area contributed by atoms with Gasteiger partial charge in [0.1, 0.15) is 12.3 Å². The molecular weight excluding hydrogens is 528 g/mol. The standard InChI is InChI=1S/C28H33ClN2O6S/c1-5-20(15-21-9-7-6-8-10-21)18-30-28(32)19-31(24-16-22(29)11-13-25(24)35-2)38(33,34)23-12-14-26(36-3)27(17-23)37-4/h6-14,16-17,20H,5,15,18-19H2,1-4H3,(H,30,32). The van der Waals surface area contributed by atoms with Crippen molar-refractivity contribution >= 4 is 33.2 Å². The van der Waals surface area contributed by atoms with Gasteiger partial charge in [-0.3, -0.25) is 9.10 Å². The van der Waals surface area contributed by atoms with Crippen LogP contribution >= 0.6 is 11.6 Å². The zero-order chi connectivity index (χ0) is 27.7. The number of carbonyl (C=O) groups is 1. The van der Waals surface area contributed by atoms with Crippen molar-refractivity contribution in [2.24, 2.45) is 5.92 Å². The predicted molar refractivity (Wildman–Crippen MR) is 149 cm³/mol. The number of nitrogens with zero attached hydrogens (tertiary/aromatic N) is 1. The molecule has 204 valence electrons. The van der Waals surface area contributed by atoms with E-state index in [1.807, 2.05) is 30.3 Å². The van der Waals surface area contributed by atoms with E-state index in [-0.39, 0.29) is 28.0 Å². The Morgan fingerprint density at radius 1 is 0.921 bits per heavy atom. The molecule has 38 heavy (non-hydrogen) atoms. The molecule has 0 aliphatic rings. The number of ether oxygens (including phenoxy) is 3. The first-order valence-corrected chi connectivity index (χ1v) is 13.9. The van der Waals surface area contributed by atoms with Gasteiger partial charge in [-0.1, -0.05) is 55.3 Å². The average Bonchev–Trinajstić information content (AvgIpc) is 2.93. The number of anilines is 1. The second-order valence-electron chi connectivity index (χ2n) is 8.61. The first kappa shape index (κ1) is 29.1. The maximum absolute atomic E-state index is 13.9. The third-order valence-electron chi connectivity index (χ3n) is 6.17. The van der Waals surface area contributed by atoms with E-state index in [0.29, 0.717) is 17.3 Å². The lowest BCUT2D eigenvalue weighted by atomic mass is 9.97. The van der Waals surface area contributed by atoms with E-state index in [2.05, 4.69) is 12.2 Å². The SMILES string of the molecule is CCC(CNC(=O)CN(c1cc(Cl)ccc1OC)S(=O)(=O)c1ccc(OC)c(OC)c1)Cc1ccccc1. The topological polar surface area (TPSA) is 94.2 Å². The van der Waals surface area contributed by atoms with Crippen LogP contribution in [0.1, 0.15) is 18.9 Å². The zero-order valence-corrected chi connectivity index (χ0v) is 23.5. The van der Waals surface area contributed by atoms with Crippen molar-refractivity contribution in [3.63, 3.8) is 0 Å². The maximum Gasteiger partial charge on any atom is 0.265 e. The van der Waals surface area contributed by atoms with Crippen LogP contribution in [0.2, 0.25) is 5.02 Å². The van der Waals surface area contributed by atoms with Gasteiger partial charge in [-0.15, -0.1) is 0 Å². The largest absolute Gasteiger partial charge is 0.495 e. The highest BCUT2D eigenvalue weighted by Gasteiger charge is 2.31. The van der Waals surface area contributed by atoms with Crippen molar-refractivity contribution in [1.82, 2.24) is 5.32 Å². The molecule has 3 rings (SSSR count). The molecule has 0 spiro atoms. The molecule has 3 aromatic rings. The molecule has 1 amide bonds. The van der Waals surface area contributed by atoms with E-state index in [1.54, 1.807) is 12.1 Å². The van der Waals surface area contributed by atoms with Crippen molar-refractivity contribution in [1.29, 1.82) is 0 Å². The van der Waals surface area contributed by atoms with Gasteiger partial charge in [-0.05, 0) is 48.2 Å². The molecule has 0 heterocycles. The van der Waals surface area contributed by atoms with Crippen LogP contribution in [-0.2, 0) is 21.2 Å². The summed E-state index contributed by atoms with van der Waals surface area (Å²) in [5.74, 6) is 0.602. The number of carbonyl (C=O) groups excluding carboxylic acids is 1. The molecule has 1 unspecified atom stereocenters. The van der Waals surface area contributed by atoms with Gasteiger partial charge in [0, 0.05) is 17.6 Å². The van der Waals surface area contributed by atoms with Crippen molar-refractivity contribution in [3.05, 3.63) is 77.3 Å². The molecule has 0 bridgehead atoms. The van der Waals surface area contributed by atoms with Gasteiger partial charge in [0.25, 0.3) is 10.0 Å². The van der Waals surface area contributed by atoms with Crippen LogP contribution in [0.25, 0.3) is 0 Å². The number of hydrogen-bond donors (Lipinski definition) is 1. The number of benzene rings is 3. The van der Waals surface area contributed by atoms with Crippen LogP contribution in [0.5, 0.6) is 17.2 Å². The summed E-state index contributed by atoms with van der Waals surface area (Å²) in [5, 5.41) is 3.20. The van der Waals surface area contributed by atoms with Crippen molar-refractivity contribution in [2.75, 3.05) is 38.7 Å². The predicted octanol–water partition coefficient (Wildman–Crippen LogP) is 4.95. The molecule has 0 aliphatic carbocycles. The first-order valence-electron chi connectivity index (χ1n) is 12.1. The maximum atomic E-state index is 13.9. The Morgan fingerprint density at radius 3 is 2.21 bits per heavy atom. The number of rotatable bonds is 13. The Bertz CT molecular complexity index is 1330. The number of hydrogen-bond acceptors (Lipinski definition) is 6. The molecule has 1 atom stereocenters. The molecule has 0 aromatic heterocycles. The summed E-state index contributed by atoms with van der Waals surface area (Å²) in [6, 6.07) is 18.9. The molecule has 0 saturated heterocycles. The molecule has 0 radical (unpaired) electrons. The van der Waals surface area contributed by atoms with Crippen LogP contribution in [0, 0.1) is 5.92 Å². The summed E-state index contributed by atoms with van der Waals surface area (Å²) in [7, 11) is 0.0445. The van der Waals surface area contributed by atoms with Gasteiger partial charge in [0.2, 0.25) is 5.91 Å². The first-order chi connectivity index (χ1) is 18.2. The molecular formula is C28H33ClN2O6S. The number of amides is 1. The molecule has 8 nitrogen and oxygen atoms in total. The summed E-state index contributed by atoms with van der Waals surface area (Å²) in [5.41, 5.74) is 1.32. The third-order valence-corrected chi connectivity index (χ3v) is 8.16. The van der Waals surface area contributed by atoms with Crippen LogP contribution in [0.15, 0.2) is 71.6 Å². The lowest BCUT2D eigenvalue weighted by molar-refractivity contribution is -0.119. The van der Waals surface area contributed by atoms with E-state index in [4.69, 9.17) is 25.8 Å². The highest BCUT2D eigenvalue weighted by atomic mass is 35.5. The molecule has 3 aromatic carbocycles. The minimum absolute atomic E-state index is 0.0829. The van der Waals surface area contributed by atoms with Gasteiger partial charge in [-0.2, -0.15) is 0 Å². The summed E-state index contributed by atoms with van der Waals surface area (Å²) in [6.07, 6.45) is 1.65. The number of halogens is 1. The second-order valence-corrected chi connectivity index (χ2v) is 10.9. The van der Waals surface area contributed by atoms with Crippen molar-refractivity contribution in [2.45, 2.75) is 24.7 Å². The Hall–Kier alpha value is -3.43. The molecule has 0 saturated carbocycles. The van der Waals surface area contributed by atoms with Crippen LogP contribution in [0.3, 0.4) is 0 Å². The normalized spacial score (nSPS) is 11.9. The Morgan fingerprint density at radius 2 is 1.58 bits per heavy atom. The fourth-order valence-electron chi connectivity index (χ4n) is 4.01. The Balaban J connectivity index is 1.91. The third kappa shape index (κ3) is 7.11. The van der Waals surface area contributed by atoms with E-state index in [1.165, 1.54) is 51.2 Å². The van der Waals surface area contributed by atoms with Gasteiger partial charge < -0.3 is 19.5 Å². The van der Waals surface area contributed by atoms with Crippen LogP contribution in [-0.4, -0.2) is 48.7 Å². The van der Waals surface area contributed by atoms with Gasteiger partial charge in [0.15, 0.2) is 11.5 Å². The monoisotopic (exact) mass is 560 g/mol. The van der Waals surface area contributed by atoms with E-state index in [9.17, 15) is 13.2 Å². The lowest BCUT2D eigenvalue weighted by Crippen LogP contribution is -2.42. The number of methoxy groups -OCH3 is 3. The summed E-state index contributed by atoms with van der Waals surface area (Å²) >= 11 is 6.22. The molecule has 1 N–H and O–H groups in total. The molecule has 0 fully saturated rings. The quantitative estimate of drug-likeness (QED) is 0.318.